The van der Waals surface area contributed by atoms with Gasteiger partial charge in [0, 0.05) is 5.33 Å². The van der Waals surface area contributed by atoms with Crippen LogP contribution in [0.1, 0.15) is 15.9 Å². The van der Waals surface area contributed by atoms with Crippen LogP contribution in [0.3, 0.4) is 0 Å². The van der Waals surface area contributed by atoms with Crippen molar-refractivity contribution in [3.8, 4) is 0 Å². The van der Waals surface area contributed by atoms with Crippen LogP contribution in [0.2, 0.25) is 0 Å². The summed E-state index contributed by atoms with van der Waals surface area (Å²) >= 11 is 3.23. The lowest BCUT2D eigenvalue weighted by atomic mass is 10.1. The maximum Gasteiger partial charge on any atom is 0.340 e. The largest absolute Gasteiger partial charge is 0.465 e. The predicted molar refractivity (Wildman–Crippen MR) is 60.6 cm³/mol. The Labute approximate surface area is 95.9 Å². The van der Waals surface area contributed by atoms with Crippen molar-refractivity contribution in [1.82, 2.24) is 0 Å². The lowest BCUT2D eigenvalue weighted by Gasteiger charge is -2.02. The topological polar surface area (TPSA) is 26.3 Å². The van der Waals surface area contributed by atoms with Crippen LogP contribution in [-0.2, 0) is 4.74 Å². The summed E-state index contributed by atoms with van der Waals surface area (Å²) in [6.07, 6.45) is 3.65. The normalized spacial score (nSPS) is 10.6. The van der Waals surface area contributed by atoms with Gasteiger partial charge in [-0.3, -0.25) is 0 Å². The SMILES string of the molecule is COC(=O)c1cc(C=CCBr)ccc1F. The van der Waals surface area contributed by atoms with Crippen molar-refractivity contribution >= 4 is 28.0 Å². The van der Waals surface area contributed by atoms with Gasteiger partial charge in [0.2, 0.25) is 0 Å². The van der Waals surface area contributed by atoms with Gasteiger partial charge in [0.25, 0.3) is 0 Å². The highest BCUT2D eigenvalue weighted by molar-refractivity contribution is 9.09. The lowest BCUT2D eigenvalue weighted by molar-refractivity contribution is 0.0595. The van der Waals surface area contributed by atoms with E-state index in [9.17, 15) is 9.18 Å². The number of esters is 1. The van der Waals surface area contributed by atoms with Crippen LogP contribution >= 0.6 is 15.9 Å². The van der Waals surface area contributed by atoms with Crippen LogP contribution in [0.15, 0.2) is 24.3 Å². The standard InChI is InChI=1S/C11H10BrFO2/c1-15-11(14)9-7-8(3-2-6-12)4-5-10(9)13/h2-5,7H,6H2,1H3. The van der Waals surface area contributed by atoms with Gasteiger partial charge in [-0.05, 0) is 17.7 Å². The molecule has 0 spiro atoms. The van der Waals surface area contributed by atoms with Crippen molar-refractivity contribution in [2.24, 2.45) is 0 Å². The molecule has 0 fully saturated rings. The van der Waals surface area contributed by atoms with E-state index in [0.717, 1.165) is 5.56 Å². The van der Waals surface area contributed by atoms with E-state index >= 15 is 0 Å². The summed E-state index contributed by atoms with van der Waals surface area (Å²) in [6, 6.07) is 4.31. The Morgan fingerprint density at radius 3 is 2.93 bits per heavy atom. The number of alkyl halides is 1. The Kier molecular flexibility index (Phi) is 4.49. The highest BCUT2D eigenvalue weighted by Gasteiger charge is 2.11. The van der Waals surface area contributed by atoms with Gasteiger partial charge in [-0.15, -0.1) is 0 Å². The maximum absolute atomic E-state index is 13.2. The van der Waals surface area contributed by atoms with Gasteiger partial charge in [0.05, 0.1) is 12.7 Å². The number of hydrogen-bond donors (Lipinski definition) is 0. The van der Waals surface area contributed by atoms with Gasteiger partial charge in [0.15, 0.2) is 0 Å². The van der Waals surface area contributed by atoms with Crippen molar-refractivity contribution in [3.05, 3.63) is 41.2 Å². The first-order valence-electron chi connectivity index (χ1n) is 4.29. The van der Waals surface area contributed by atoms with Crippen molar-refractivity contribution in [3.63, 3.8) is 0 Å². The molecule has 1 aromatic carbocycles. The molecular weight excluding hydrogens is 263 g/mol. The summed E-state index contributed by atoms with van der Waals surface area (Å²) in [5.41, 5.74) is 0.713. The number of halogens is 2. The third-order valence-electron chi connectivity index (χ3n) is 1.80. The number of carbonyl (C=O) groups excluding carboxylic acids is 1. The second-order valence-electron chi connectivity index (χ2n) is 2.79. The molecule has 0 atom stereocenters. The fourth-order valence-electron chi connectivity index (χ4n) is 1.09. The molecule has 0 aliphatic heterocycles. The monoisotopic (exact) mass is 272 g/mol. The zero-order valence-electron chi connectivity index (χ0n) is 8.17. The van der Waals surface area contributed by atoms with E-state index in [1.165, 1.54) is 19.2 Å². The number of ether oxygens (including phenoxy) is 1. The molecule has 15 heavy (non-hydrogen) atoms. The van der Waals surface area contributed by atoms with Crippen LogP contribution in [0.25, 0.3) is 6.08 Å². The number of benzene rings is 1. The molecule has 1 rings (SSSR count). The fourth-order valence-corrected chi connectivity index (χ4v) is 1.28. The number of allylic oxidation sites excluding steroid dienone is 1. The molecular formula is C11H10BrFO2. The highest BCUT2D eigenvalue weighted by atomic mass is 79.9. The fraction of sp³-hybridized carbons (Fsp3) is 0.182. The molecule has 0 aliphatic rings. The van der Waals surface area contributed by atoms with Crippen LogP contribution in [0.4, 0.5) is 4.39 Å². The second-order valence-corrected chi connectivity index (χ2v) is 3.44. The summed E-state index contributed by atoms with van der Waals surface area (Å²) in [4.78, 5) is 11.2. The van der Waals surface area contributed by atoms with Gasteiger partial charge in [0.1, 0.15) is 5.82 Å². The zero-order chi connectivity index (χ0) is 11.3. The number of hydrogen-bond acceptors (Lipinski definition) is 2. The molecule has 0 aromatic heterocycles. The van der Waals surface area contributed by atoms with E-state index in [0.29, 0.717) is 5.33 Å². The van der Waals surface area contributed by atoms with Gasteiger partial charge in [-0.1, -0.05) is 34.1 Å². The predicted octanol–water partition coefficient (Wildman–Crippen LogP) is 3.02. The van der Waals surface area contributed by atoms with E-state index < -0.39 is 11.8 Å². The molecule has 1 aromatic rings. The van der Waals surface area contributed by atoms with E-state index in [2.05, 4.69) is 20.7 Å². The summed E-state index contributed by atoms with van der Waals surface area (Å²) in [7, 11) is 1.22. The second kappa shape index (κ2) is 5.66. The van der Waals surface area contributed by atoms with Crippen LogP contribution in [-0.4, -0.2) is 18.4 Å². The molecule has 4 heteroatoms. The van der Waals surface area contributed by atoms with Gasteiger partial charge in [-0.25, -0.2) is 9.18 Å². The Hall–Kier alpha value is -1.16. The third kappa shape index (κ3) is 3.16. The molecule has 80 valence electrons. The summed E-state index contributed by atoms with van der Waals surface area (Å²) in [6.45, 7) is 0. The first kappa shape index (κ1) is 11.9. The quantitative estimate of drug-likeness (QED) is 0.625. The third-order valence-corrected chi connectivity index (χ3v) is 2.17. The Bertz CT molecular complexity index is 388. The molecule has 0 saturated heterocycles. The molecule has 0 radical (unpaired) electrons. The van der Waals surface area contributed by atoms with Crippen LogP contribution < -0.4 is 0 Å². The summed E-state index contributed by atoms with van der Waals surface area (Å²) < 4.78 is 17.7. The van der Waals surface area contributed by atoms with Gasteiger partial charge < -0.3 is 4.74 Å². The van der Waals surface area contributed by atoms with Crippen LogP contribution in [0, 0.1) is 5.82 Å². The van der Waals surface area contributed by atoms with Crippen molar-refractivity contribution < 1.29 is 13.9 Å². The molecule has 0 N–H and O–H groups in total. The first-order chi connectivity index (χ1) is 7.19. The van der Waals surface area contributed by atoms with E-state index in [4.69, 9.17) is 0 Å². The van der Waals surface area contributed by atoms with Crippen LogP contribution in [0.5, 0.6) is 0 Å². The number of methoxy groups -OCH3 is 1. The molecule has 0 heterocycles. The average Bonchev–Trinajstić information content (AvgIpc) is 2.27. The Morgan fingerprint density at radius 2 is 2.33 bits per heavy atom. The van der Waals surface area contributed by atoms with E-state index in [1.54, 1.807) is 12.1 Å². The van der Waals surface area contributed by atoms with Crippen molar-refractivity contribution in [1.29, 1.82) is 0 Å². The molecule has 0 saturated carbocycles. The minimum atomic E-state index is -0.665. The van der Waals surface area contributed by atoms with E-state index in [-0.39, 0.29) is 5.56 Å². The molecule has 2 nitrogen and oxygen atoms in total. The average molecular weight is 273 g/mol. The number of rotatable bonds is 3. The smallest absolute Gasteiger partial charge is 0.340 e. The van der Waals surface area contributed by atoms with Gasteiger partial charge in [-0.2, -0.15) is 0 Å². The van der Waals surface area contributed by atoms with Gasteiger partial charge >= 0.3 is 5.97 Å². The number of carbonyl (C=O) groups is 1. The molecule has 0 unspecified atom stereocenters. The zero-order valence-corrected chi connectivity index (χ0v) is 9.75. The molecule has 0 aliphatic carbocycles. The minimum Gasteiger partial charge on any atom is -0.465 e. The Balaban J connectivity index is 3.05. The first-order valence-corrected chi connectivity index (χ1v) is 5.41. The molecule has 0 amide bonds. The Morgan fingerprint density at radius 1 is 1.60 bits per heavy atom. The van der Waals surface area contributed by atoms with Crippen molar-refractivity contribution in [2.75, 3.05) is 12.4 Å². The maximum atomic E-state index is 13.2. The summed E-state index contributed by atoms with van der Waals surface area (Å²) in [5.74, 6) is -1.24. The lowest BCUT2D eigenvalue weighted by Crippen LogP contribution is -2.04. The van der Waals surface area contributed by atoms with E-state index in [1.807, 2.05) is 6.08 Å². The van der Waals surface area contributed by atoms with Crippen molar-refractivity contribution in [2.45, 2.75) is 0 Å². The minimum absolute atomic E-state index is 0.0470. The molecule has 0 bridgehead atoms. The highest BCUT2D eigenvalue weighted by Crippen LogP contribution is 2.13. The summed E-state index contributed by atoms with van der Waals surface area (Å²) in [5, 5.41) is 0.706.